The van der Waals surface area contributed by atoms with Crippen LogP contribution in [-0.4, -0.2) is 35.5 Å². The van der Waals surface area contributed by atoms with E-state index in [1.807, 2.05) is 0 Å². The van der Waals surface area contributed by atoms with Crippen LogP contribution in [0, 0.1) is 12.7 Å². The summed E-state index contributed by atoms with van der Waals surface area (Å²) in [6, 6.07) is 4.56. The number of nitrogens with zero attached hydrogens (tertiary/aromatic N) is 3. The molecule has 1 N–H and O–H groups in total. The topological polar surface area (TPSA) is 88.3 Å². The number of hydrogen-bond donors (Lipinski definition) is 1. The molecule has 2 heterocycles. The normalized spacial score (nSPS) is 17.4. The lowest BCUT2D eigenvalue weighted by Gasteiger charge is -2.16. The molecule has 24 heavy (non-hydrogen) atoms. The van der Waals surface area contributed by atoms with Gasteiger partial charge in [-0.3, -0.25) is 9.59 Å². The maximum absolute atomic E-state index is 13.4. The molecule has 126 valence electrons. The van der Waals surface area contributed by atoms with Crippen molar-refractivity contribution in [3.63, 3.8) is 0 Å². The minimum atomic E-state index is -0.308. The molecular formula is C16H17FN4O3. The smallest absolute Gasteiger partial charge is 0.232 e. The van der Waals surface area contributed by atoms with Crippen LogP contribution in [0.25, 0.3) is 0 Å². The Morgan fingerprint density at radius 2 is 2.29 bits per heavy atom. The summed E-state index contributed by atoms with van der Waals surface area (Å²) >= 11 is 0. The van der Waals surface area contributed by atoms with E-state index in [0.29, 0.717) is 23.7 Å². The van der Waals surface area contributed by atoms with Crippen molar-refractivity contribution in [3.8, 4) is 0 Å². The minimum absolute atomic E-state index is 0.0293. The number of likely N-dealkylation sites (N-methyl/N-ethyl adjacent to an activating group) is 1. The molecule has 0 spiro atoms. The minimum Gasteiger partial charge on any atom is -0.359 e. The molecule has 0 aliphatic carbocycles. The third kappa shape index (κ3) is 3.12. The first-order valence-corrected chi connectivity index (χ1v) is 7.57. The molecule has 1 saturated heterocycles. The number of hydrogen-bond acceptors (Lipinski definition) is 5. The van der Waals surface area contributed by atoms with Gasteiger partial charge in [0.1, 0.15) is 5.82 Å². The van der Waals surface area contributed by atoms with E-state index >= 15 is 0 Å². The van der Waals surface area contributed by atoms with Crippen LogP contribution in [0.3, 0.4) is 0 Å². The van der Waals surface area contributed by atoms with Gasteiger partial charge in [-0.15, -0.1) is 0 Å². The molecule has 1 aliphatic rings. The number of aryl methyl sites for hydroxylation is 1. The first kappa shape index (κ1) is 16.1. The number of carbonyl (C=O) groups is 2. The van der Waals surface area contributed by atoms with Crippen molar-refractivity contribution in [1.82, 2.24) is 15.5 Å². The molecule has 1 aromatic heterocycles. The summed E-state index contributed by atoms with van der Waals surface area (Å²) in [4.78, 5) is 29.4. The predicted molar refractivity (Wildman–Crippen MR) is 82.9 cm³/mol. The fraction of sp³-hybridized carbons (Fsp3) is 0.375. The summed E-state index contributed by atoms with van der Waals surface area (Å²) in [7, 11) is 1.53. The van der Waals surface area contributed by atoms with Crippen molar-refractivity contribution >= 4 is 17.5 Å². The average Bonchev–Trinajstić information content (AvgIpc) is 3.16. The highest BCUT2D eigenvalue weighted by atomic mass is 19.1. The molecular weight excluding hydrogens is 315 g/mol. The Kier molecular flexibility index (Phi) is 4.28. The van der Waals surface area contributed by atoms with Crippen LogP contribution in [0.5, 0.6) is 0 Å². The fourth-order valence-corrected chi connectivity index (χ4v) is 2.66. The van der Waals surface area contributed by atoms with Gasteiger partial charge in [-0.2, -0.15) is 4.98 Å². The second-order valence-electron chi connectivity index (χ2n) is 5.74. The number of nitrogens with one attached hydrogen (secondary N) is 1. The van der Waals surface area contributed by atoms with Crippen molar-refractivity contribution in [2.45, 2.75) is 25.7 Å². The zero-order valence-corrected chi connectivity index (χ0v) is 13.4. The summed E-state index contributed by atoms with van der Waals surface area (Å²) in [5, 5.41) is 6.25. The third-order valence-corrected chi connectivity index (χ3v) is 4.01. The van der Waals surface area contributed by atoms with E-state index in [1.54, 1.807) is 24.0 Å². The summed E-state index contributed by atoms with van der Waals surface area (Å²) < 4.78 is 18.6. The van der Waals surface area contributed by atoms with E-state index in [1.165, 1.54) is 13.1 Å². The fourth-order valence-electron chi connectivity index (χ4n) is 2.66. The monoisotopic (exact) mass is 332 g/mol. The molecule has 1 fully saturated rings. The summed E-state index contributed by atoms with van der Waals surface area (Å²) in [5.41, 5.74) is 1.13. The predicted octanol–water partition coefficient (Wildman–Crippen LogP) is 1.33. The van der Waals surface area contributed by atoms with E-state index in [0.717, 1.165) is 0 Å². The Bertz CT molecular complexity index is 789. The lowest BCUT2D eigenvalue weighted by molar-refractivity contribution is -0.120. The van der Waals surface area contributed by atoms with Gasteiger partial charge < -0.3 is 14.7 Å². The lowest BCUT2D eigenvalue weighted by Crippen LogP contribution is -2.24. The van der Waals surface area contributed by atoms with Crippen molar-refractivity contribution in [3.05, 3.63) is 41.3 Å². The van der Waals surface area contributed by atoms with Crippen LogP contribution in [0.2, 0.25) is 0 Å². The molecule has 1 aromatic carbocycles. The zero-order valence-electron chi connectivity index (χ0n) is 13.4. The molecule has 3 rings (SSSR count). The Morgan fingerprint density at radius 3 is 3.00 bits per heavy atom. The molecule has 0 saturated carbocycles. The molecule has 1 aliphatic heterocycles. The van der Waals surface area contributed by atoms with Gasteiger partial charge in [-0.25, -0.2) is 4.39 Å². The van der Waals surface area contributed by atoms with Gasteiger partial charge in [0.25, 0.3) is 0 Å². The molecule has 0 unspecified atom stereocenters. The molecule has 2 amide bonds. The van der Waals surface area contributed by atoms with Crippen molar-refractivity contribution in [2.24, 2.45) is 0 Å². The Balaban J connectivity index is 1.74. The largest absolute Gasteiger partial charge is 0.359 e. The van der Waals surface area contributed by atoms with Crippen LogP contribution in [-0.2, 0) is 16.0 Å². The van der Waals surface area contributed by atoms with Gasteiger partial charge in [-0.1, -0.05) is 5.16 Å². The van der Waals surface area contributed by atoms with Gasteiger partial charge in [0.2, 0.25) is 17.7 Å². The first-order chi connectivity index (χ1) is 11.5. The van der Waals surface area contributed by atoms with Gasteiger partial charge >= 0.3 is 0 Å². The van der Waals surface area contributed by atoms with E-state index in [2.05, 4.69) is 15.5 Å². The Morgan fingerprint density at radius 1 is 1.50 bits per heavy atom. The molecule has 8 heteroatoms. The summed E-state index contributed by atoms with van der Waals surface area (Å²) in [5.74, 6) is -0.228. The number of rotatable bonds is 4. The SMILES string of the molecule is CNC(=O)Cc1noc([C@H]2CC(=O)N(c3ccc(F)c(C)c3)C2)n1. The standard InChI is InChI=1S/C16H17FN4O3/c1-9-5-11(3-4-12(9)17)21-8-10(6-15(21)23)16-19-13(20-24-16)7-14(22)18-2/h3-5,10H,6-8H2,1-2H3,(H,18,22)/t10-/m0/s1. The zero-order chi connectivity index (χ0) is 17.3. The highest BCUT2D eigenvalue weighted by molar-refractivity contribution is 5.96. The molecule has 2 aromatic rings. The maximum atomic E-state index is 13.4. The number of carbonyl (C=O) groups excluding carboxylic acids is 2. The molecule has 7 nitrogen and oxygen atoms in total. The van der Waals surface area contributed by atoms with Crippen LogP contribution < -0.4 is 10.2 Å². The average molecular weight is 332 g/mol. The highest BCUT2D eigenvalue weighted by Gasteiger charge is 2.35. The Hall–Kier alpha value is -2.77. The number of amides is 2. The van der Waals surface area contributed by atoms with Crippen LogP contribution in [0.15, 0.2) is 22.7 Å². The maximum Gasteiger partial charge on any atom is 0.232 e. The second-order valence-corrected chi connectivity index (χ2v) is 5.74. The molecule has 1 atom stereocenters. The quantitative estimate of drug-likeness (QED) is 0.912. The van der Waals surface area contributed by atoms with Crippen LogP contribution in [0.1, 0.15) is 29.6 Å². The highest BCUT2D eigenvalue weighted by Crippen LogP contribution is 2.31. The van der Waals surface area contributed by atoms with Crippen LogP contribution in [0.4, 0.5) is 10.1 Å². The van der Waals surface area contributed by atoms with Gasteiger partial charge in [0.15, 0.2) is 5.82 Å². The number of aromatic nitrogens is 2. The van der Waals surface area contributed by atoms with E-state index < -0.39 is 0 Å². The van der Waals surface area contributed by atoms with Crippen LogP contribution >= 0.6 is 0 Å². The van der Waals surface area contributed by atoms with Gasteiger partial charge in [0.05, 0.1) is 12.3 Å². The number of halogens is 1. The molecule has 0 radical (unpaired) electrons. The van der Waals surface area contributed by atoms with E-state index in [4.69, 9.17) is 4.52 Å². The third-order valence-electron chi connectivity index (χ3n) is 4.01. The molecule has 0 bridgehead atoms. The Labute approximate surface area is 137 Å². The van der Waals surface area contributed by atoms with E-state index in [-0.39, 0.29) is 42.2 Å². The van der Waals surface area contributed by atoms with Crippen molar-refractivity contribution in [2.75, 3.05) is 18.5 Å². The lowest BCUT2D eigenvalue weighted by atomic mass is 10.1. The number of anilines is 1. The summed E-state index contributed by atoms with van der Waals surface area (Å²) in [6.45, 7) is 2.03. The van der Waals surface area contributed by atoms with Gasteiger partial charge in [-0.05, 0) is 30.7 Å². The summed E-state index contributed by atoms with van der Waals surface area (Å²) in [6.07, 6.45) is 0.263. The van der Waals surface area contributed by atoms with Gasteiger partial charge in [0, 0.05) is 25.7 Å². The van der Waals surface area contributed by atoms with Crippen molar-refractivity contribution < 1.29 is 18.5 Å². The second kappa shape index (κ2) is 6.38. The number of benzene rings is 1. The van der Waals surface area contributed by atoms with E-state index in [9.17, 15) is 14.0 Å². The first-order valence-electron chi connectivity index (χ1n) is 7.57. The van der Waals surface area contributed by atoms with Crippen molar-refractivity contribution in [1.29, 1.82) is 0 Å².